The zero-order valence-electron chi connectivity index (χ0n) is 12.6. The third-order valence-electron chi connectivity index (χ3n) is 3.82. The predicted molar refractivity (Wildman–Crippen MR) is 87.1 cm³/mol. The molecule has 1 nitrogen and oxygen atoms in total. The zero-order chi connectivity index (χ0) is 14.7. The molecule has 3 aromatic rings. The lowest BCUT2D eigenvalue weighted by atomic mass is 10.1. The summed E-state index contributed by atoms with van der Waals surface area (Å²) < 4.78 is 2.25. The molecule has 0 saturated heterocycles. The molecule has 0 saturated carbocycles. The molecular weight excluding hydrogens is 254 g/mol. The summed E-state index contributed by atoms with van der Waals surface area (Å²) in [5.74, 6) is 0. The van der Waals surface area contributed by atoms with Crippen LogP contribution in [0.5, 0.6) is 0 Å². The fourth-order valence-electron chi connectivity index (χ4n) is 2.64. The van der Waals surface area contributed by atoms with Gasteiger partial charge in [-0.3, -0.25) is 0 Å². The highest BCUT2D eigenvalue weighted by atomic mass is 14.9. The lowest BCUT2D eigenvalue weighted by molar-refractivity contribution is -0.687. The average Bonchev–Trinajstić information content (AvgIpc) is 2.51. The first kappa shape index (κ1) is 13.6. The van der Waals surface area contributed by atoms with Crippen LogP contribution in [0.1, 0.15) is 16.7 Å². The van der Waals surface area contributed by atoms with Gasteiger partial charge < -0.3 is 0 Å². The summed E-state index contributed by atoms with van der Waals surface area (Å²) in [4.78, 5) is 0. The van der Waals surface area contributed by atoms with Crippen LogP contribution in [0.2, 0.25) is 0 Å². The molecule has 0 spiro atoms. The fraction of sp³-hybridized carbons (Fsp3) is 0.150. The van der Waals surface area contributed by atoms with Crippen LogP contribution in [-0.4, -0.2) is 0 Å². The number of hydrogen-bond acceptors (Lipinski definition) is 0. The summed E-state index contributed by atoms with van der Waals surface area (Å²) in [6.07, 6.45) is 4.35. The van der Waals surface area contributed by atoms with Gasteiger partial charge in [0.1, 0.15) is 0 Å². The van der Waals surface area contributed by atoms with Gasteiger partial charge in [-0.2, -0.15) is 0 Å². The van der Waals surface area contributed by atoms with Gasteiger partial charge in [0.15, 0.2) is 18.9 Å². The molecule has 0 aliphatic rings. The van der Waals surface area contributed by atoms with Crippen LogP contribution in [0.25, 0.3) is 11.1 Å². The molecule has 0 N–H and O–H groups in total. The van der Waals surface area contributed by atoms with Gasteiger partial charge in [0.2, 0.25) is 0 Å². The molecule has 1 aromatic heterocycles. The van der Waals surface area contributed by atoms with Crippen LogP contribution in [0, 0.1) is 13.8 Å². The molecule has 0 radical (unpaired) electrons. The molecule has 104 valence electrons. The number of aryl methyl sites for hydroxylation is 2. The minimum atomic E-state index is 0.910. The van der Waals surface area contributed by atoms with E-state index in [9.17, 15) is 0 Å². The Hall–Kier alpha value is -2.41. The van der Waals surface area contributed by atoms with Crippen molar-refractivity contribution in [2.75, 3.05) is 0 Å². The Bertz CT molecular complexity index is 745. The van der Waals surface area contributed by atoms with E-state index in [4.69, 9.17) is 0 Å². The predicted octanol–water partition coefficient (Wildman–Crippen LogP) is 4.31. The first-order chi connectivity index (χ1) is 10.2. The number of benzene rings is 2. The summed E-state index contributed by atoms with van der Waals surface area (Å²) in [7, 11) is 0. The van der Waals surface area contributed by atoms with Gasteiger partial charge in [-0.1, -0.05) is 54.1 Å². The molecule has 1 heterocycles. The third kappa shape index (κ3) is 3.19. The van der Waals surface area contributed by atoms with Gasteiger partial charge in [0, 0.05) is 17.2 Å². The van der Waals surface area contributed by atoms with Gasteiger partial charge >= 0.3 is 0 Å². The quantitative estimate of drug-likeness (QED) is 0.627. The Morgan fingerprint density at radius 3 is 2.33 bits per heavy atom. The van der Waals surface area contributed by atoms with Crippen molar-refractivity contribution in [3.05, 3.63) is 89.7 Å². The molecule has 2 aromatic carbocycles. The molecule has 0 unspecified atom stereocenters. The van der Waals surface area contributed by atoms with E-state index >= 15 is 0 Å². The fourth-order valence-corrected chi connectivity index (χ4v) is 2.64. The number of pyridine rings is 1. The van der Waals surface area contributed by atoms with Crippen LogP contribution >= 0.6 is 0 Å². The van der Waals surface area contributed by atoms with Crippen molar-refractivity contribution in [2.45, 2.75) is 20.4 Å². The largest absolute Gasteiger partial charge is 0.200 e. The second kappa shape index (κ2) is 5.92. The van der Waals surface area contributed by atoms with Crippen molar-refractivity contribution < 1.29 is 4.57 Å². The number of hydrogen-bond donors (Lipinski definition) is 0. The Kier molecular flexibility index (Phi) is 3.83. The zero-order valence-corrected chi connectivity index (χ0v) is 12.6. The lowest BCUT2D eigenvalue weighted by Gasteiger charge is -2.05. The highest BCUT2D eigenvalue weighted by molar-refractivity contribution is 5.61. The van der Waals surface area contributed by atoms with Gasteiger partial charge in [0.25, 0.3) is 0 Å². The molecule has 1 heteroatoms. The highest BCUT2D eigenvalue weighted by Gasteiger charge is 2.08. The van der Waals surface area contributed by atoms with Crippen molar-refractivity contribution in [1.29, 1.82) is 0 Å². The lowest BCUT2D eigenvalue weighted by Crippen LogP contribution is -2.33. The molecule has 0 bridgehead atoms. The van der Waals surface area contributed by atoms with Gasteiger partial charge in [-0.15, -0.1) is 0 Å². The molecule has 0 fully saturated rings. The van der Waals surface area contributed by atoms with E-state index in [0.717, 1.165) is 6.54 Å². The van der Waals surface area contributed by atoms with E-state index in [1.165, 1.54) is 27.8 Å². The topological polar surface area (TPSA) is 3.88 Å². The normalized spacial score (nSPS) is 10.6. The van der Waals surface area contributed by atoms with E-state index < -0.39 is 0 Å². The van der Waals surface area contributed by atoms with Crippen LogP contribution in [-0.2, 0) is 6.54 Å². The first-order valence-electron chi connectivity index (χ1n) is 7.33. The van der Waals surface area contributed by atoms with Gasteiger partial charge in [0.05, 0.1) is 0 Å². The second-order valence-electron chi connectivity index (χ2n) is 5.56. The van der Waals surface area contributed by atoms with E-state index in [0.29, 0.717) is 0 Å². The second-order valence-corrected chi connectivity index (χ2v) is 5.56. The standard InChI is InChI=1S/C20H20N/c1-16-10-11-19(17(2)13-16)14-21-12-6-9-20(15-21)18-7-4-3-5-8-18/h3-13,15H,14H2,1-2H3/q+1. The van der Waals surface area contributed by atoms with Crippen molar-refractivity contribution in [2.24, 2.45) is 0 Å². The summed E-state index contributed by atoms with van der Waals surface area (Å²) in [5, 5.41) is 0. The molecule has 0 aliphatic heterocycles. The highest BCUT2D eigenvalue weighted by Crippen LogP contribution is 2.16. The van der Waals surface area contributed by atoms with Crippen molar-refractivity contribution in [3.63, 3.8) is 0 Å². The van der Waals surface area contributed by atoms with Crippen LogP contribution in [0.3, 0.4) is 0 Å². The molecule has 3 rings (SSSR count). The number of aromatic nitrogens is 1. The summed E-state index contributed by atoms with van der Waals surface area (Å²) >= 11 is 0. The Balaban J connectivity index is 1.90. The van der Waals surface area contributed by atoms with Crippen molar-refractivity contribution in [1.82, 2.24) is 0 Å². The smallest absolute Gasteiger partial charge is 0.176 e. The molecule has 0 atom stereocenters. The van der Waals surface area contributed by atoms with E-state index in [1.54, 1.807) is 0 Å². The van der Waals surface area contributed by atoms with Gasteiger partial charge in [-0.25, -0.2) is 4.57 Å². The minimum Gasteiger partial charge on any atom is -0.200 e. The van der Waals surface area contributed by atoms with Gasteiger partial charge in [-0.05, 0) is 31.0 Å². The maximum atomic E-state index is 2.25. The van der Waals surface area contributed by atoms with E-state index in [1.807, 2.05) is 0 Å². The summed E-state index contributed by atoms with van der Waals surface area (Å²) in [6.45, 7) is 5.23. The van der Waals surface area contributed by atoms with Crippen molar-refractivity contribution in [3.8, 4) is 11.1 Å². The monoisotopic (exact) mass is 274 g/mol. The van der Waals surface area contributed by atoms with Crippen LogP contribution in [0.15, 0.2) is 73.1 Å². The molecule has 0 aliphatic carbocycles. The molecule has 0 amide bonds. The SMILES string of the molecule is Cc1ccc(C[n+]2cccc(-c3ccccc3)c2)c(C)c1. The number of rotatable bonds is 3. The van der Waals surface area contributed by atoms with E-state index in [2.05, 4.69) is 91.5 Å². The Labute approximate surface area is 126 Å². The average molecular weight is 274 g/mol. The first-order valence-corrected chi connectivity index (χ1v) is 7.33. The molecular formula is C20H20N+. The summed E-state index contributed by atoms with van der Waals surface area (Å²) in [5.41, 5.74) is 6.55. The summed E-state index contributed by atoms with van der Waals surface area (Å²) in [6, 6.07) is 21.4. The minimum absolute atomic E-state index is 0.910. The van der Waals surface area contributed by atoms with Crippen LogP contribution < -0.4 is 4.57 Å². The molecule has 21 heavy (non-hydrogen) atoms. The Morgan fingerprint density at radius 1 is 0.810 bits per heavy atom. The Morgan fingerprint density at radius 2 is 1.57 bits per heavy atom. The number of nitrogens with zero attached hydrogens (tertiary/aromatic N) is 1. The van der Waals surface area contributed by atoms with E-state index in [-0.39, 0.29) is 0 Å². The maximum Gasteiger partial charge on any atom is 0.176 e. The van der Waals surface area contributed by atoms with Crippen molar-refractivity contribution >= 4 is 0 Å². The third-order valence-corrected chi connectivity index (χ3v) is 3.82. The maximum absolute atomic E-state index is 2.25. The van der Waals surface area contributed by atoms with Crippen LogP contribution in [0.4, 0.5) is 0 Å².